The second-order valence-corrected chi connectivity index (χ2v) is 6.71. The minimum atomic E-state index is -0.157. The van der Waals surface area contributed by atoms with Crippen LogP contribution in [0.4, 0.5) is 0 Å². The average molecular weight is 299 g/mol. The maximum atomic E-state index is 12.6. The van der Waals surface area contributed by atoms with Crippen molar-refractivity contribution in [2.75, 3.05) is 13.1 Å². The fourth-order valence-electron chi connectivity index (χ4n) is 4.03. The lowest BCUT2D eigenvalue weighted by molar-refractivity contribution is -0.131. The van der Waals surface area contributed by atoms with Crippen molar-refractivity contribution in [3.05, 3.63) is 24.0 Å². The molecule has 2 atom stereocenters. The van der Waals surface area contributed by atoms with E-state index in [1.165, 1.54) is 6.42 Å². The summed E-state index contributed by atoms with van der Waals surface area (Å²) in [6.07, 6.45) is 5.11. The Morgan fingerprint density at radius 1 is 1.55 bits per heavy atom. The third-order valence-electron chi connectivity index (χ3n) is 5.26. The van der Waals surface area contributed by atoms with E-state index in [9.17, 15) is 4.79 Å². The molecule has 0 aromatic carbocycles. The molecule has 0 radical (unpaired) electrons. The molecule has 22 heavy (non-hydrogen) atoms. The minimum absolute atomic E-state index is 0.0919. The minimum Gasteiger partial charge on any atom is -0.339 e. The summed E-state index contributed by atoms with van der Waals surface area (Å²) in [7, 11) is 0. The molecular formula is C16H21N5O. The van der Waals surface area contributed by atoms with E-state index in [2.05, 4.69) is 10.1 Å². The van der Waals surface area contributed by atoms with Gasteiger partial charge < -0.3 is 10.6 Å². The summed E-state index contributed by atoms with van der Waals surface area (Å²) in [6.45, 7) is 3.66. The zero-order valence-electron chi connectivity index (χ0n) is 12.8. The molecule has 6 nitrogen and oxygen atoms in total. The lowest BCUT2D eigenvalue weighted by Gasteiger charge is -2.23. The molecule has 1 aliphatic heterocycles. The Morgan fingerprint density at radius 3 is 3.23 bits per heavy atom. The monoisotopic (exact) mass is 299 g/mol. The van der Waals surface area contributed by atoms with Crippen LogP contribution in [0.25, 0.3) is 11.0 Å². The van der Waals surface area contributed by atoms with E-state index in [-0.39, 0.29) is 18.0 Å². The second-order valence-electron chi connectivity index (χ2n) is 6.71. The van der Waals surface area contributed by atoms with Crippen LogP contribution < -0.4 is 5.73 Å². The van der Waals surface area contributed by atoms with E-state index in [0.29, 0.717) is 12.5 Å². The molecule has 2 aliphatic rings. The fourth-order valence-corrected chi connectivity index (χ4v) is 4.03. The van der Waals surface area contributed by atoms with Crippen molar-refractivity contribution in [2.24, 2.45) is 11.7 Å². The normalized spacial score (nSPS) is 27.5. The van der Waals surface area contributed by atoms with E-state index in [4.69, 9.17) is 5.73 Å². The smallest absolute Gasteiger partial charge is 0.244 e. The highest BCUT2D eigenvalue weighted by molar-refractivity contribution is 5.81. The van der Waals surface area contributed by atoms with Gasteiger partial charge in [0, 0.05) is 30.2 Å². The van der Waals surface area contributed by atoms with Gasteiger partial charge in [-0.1, -0.05) is 6.42 Å². The molecule has 1 saturated heterocycles. The topological polar surface area (TPSA) is 77.0 Å². The predicted octanol–water partition coefficient (Wildman–Crippen LogP) is 1.08. The number of carbonyl (C=O) groups excluding carboxylic acids is 1. The van der Waals surface area contributed by atoms with Gasteiger partial charge in [-0.05, 0) is 37.8 Å². The van der Waals surface area contributed by atoms with Crippen LogP contribution in [0.1, 0.15) is 25.0 Å². The number of pyridine rings is 1. The van der Waals surface area contributed by atoms with E-state index >= 15 is 0 Å². The average Bonchev–Trinajstić information content (AvgIpc) is 3.10. The highest BCUT2D eigenvalue weighted by Crippen LogP contribution is 2.39. The maximum Gasteiger partial charge on any atom is 0.244 e. The van der Waals surface area contributed by atoms with Crippen LogP contribution in [0.2, 0.25) is 0 Å². The summed E-state index contributed by atoms with van der Waals surface area (Å²) in [6, 6.07) is 3.88. The van der Waals surface area contributed by atoms with E-state index in [1.807, 2.05) is 24.0 Å². The molecule has 1 aliphatic carbocycles. The molecular weight excluding hydrogens is 278 g/mol. The zero-order chi connectivity index (χ0) is 15.3. The molecule has 0 bridgehead atoms. The molecule has 0 spiro atoms. The highest BCUT2D eigenvalue weighted by Gasteiger charge is 2.47. The first-order chi connectivity index (χ1) is 10.6. The summed E-state index contributed by atoms with van der Waals surface area (Å²) in [5, 5.41) is 5.47. The number of carbonyl (C=O) groups is 1. The van der Waals surface area contributed by atoms with Crippen molar-refractivity contribution in [3.63, 3.8) is 0 Å². The number of hydrogen-bond acceptors (Lipinski definition) is 4. The van der Waals surface area contributed by atoms with Gasteiger partial charge >= 0.3 is 0 Å². The van der Waals surface area contributed by atoms with Gasteiger partial charge in [0.15, 0.2) is 5.65 Å². The van der Waals surface area contributed by atoms with Crippen molar-refractivity contribution in [3.8, 4) is 0 Å². The fraction of sp³-hybridized carbons (Fsp3) is 0.562. The SMILES string of the molecule is Cc1nn(CC(=O)N2CC3CCCC3(N)C2)c2ncccc12. The first-order valence-electron chi connectivity index (χ1n) is 7.92. The van der Waals surface area contributed by atoms with E-state index in [0.717, 1.165) is 36.1 Å². The number of fused-ring (bicyclic) bond motifs is 2. The Bertz CT molecular complexity index is 739. The van der Waals surface area contributed by atoms with Crippen LogP contribution in [0.5, 0.6) is 0 Å². The molecule has 3 heterocycles. The van der Waals surface area contributed by atoms with Crippen molar-refractivity contribution in [2.45, 2.75) is 38.3 Å². The van der Waals surface area contributed by atoms with Crippen LogP contribution >= 0.6 is 0 Å². The quantitative estimate of drug-likeness (QED) is 0.900. The van der Waals surface area contributed by atoms with Gasteiger partial charge in [0.25, 0.3) is 0 Å². The molecule has 4 rings (SSSR count). The molecule has 1 saturated carbocycles. The number of aromatic nitrogens is 3. The first-order valence-corrected chi connectivity index (χ1v) is 7.92. The number of likely N-dealkylation sites (tertiary alicyclic amines) is 1. The number of hydrogen-bond donors (Lipinski definition) is 1. The van der Waals surface area contributed by atoms with Crippen LogP contribution in [-0.2, 0) is 11.3 Å². The van der Waals surface area contributed by atoms with Crippen LogP contribution in [0.3, 0.4) is 0 Å². The highest BCUT2D eigenvalue weighted by atomic mass is 16.2. The second kappa shape index (κ2) is 4.78. The molecule has 2 fully saturated rings. The zero-order valence-corrected chi connectivity index (χ0v) is 12.8. The first kappa shape index (κ1) is 13.7. The van der Waals surface area contributed by atoms with Crippen molar-refractivity contribution in [1.82, 2.24) is 19.7 Å². The van der Waals surface area contributed by atoms with Crippen molar-refractivity contribution < 1.29 is 4.79 Å². The summed E-state index contributed by atoms with van der Waals surface area (Å²) < 4.78 is 1.71. The van der Waals surface area contributed by atoms with Crippen molar-refractivity contribution in [1.29, 1.82) is 0 Å². The molecule has 2 unspecified atom stereocenters. The van der Waals surface area contributed by atoms with Crippen LogP contribution in [0.15, 0.2) is 18.3 Å². The van der Waals surface area contributed by atoms with Crippen LogP contribution in [-0.4, -0.2) is 44.2 Å². The molecule has 116 valence electrons. The summed E-state index contributed by atoms with van der Waals surface area (Å²) in [5.41, 5.74) is 7.98. The number of aryl methyl sites for hydroxylation is 1. The van der Waals surface area contributed by atoms with Crippen molar-refractivity contribution >= 4 is 16.9 Å². The van der Waals surface area contributed by atoms with Gasteiger partial charge in [-0.15, -0.1) is 0 Å². The van der Waals surface area contributed by atoms with Gasteiger partial charge in [-0.3, -0.25) is 4.79 Å². The molecule has 2 aromatic heterocycles. The Morgan fingerprint density at radius 2 is 2.41 bits per heavy atom. The predicted molar refractivity (Wildman–Crippen MR) is 83.1 cm³/mol. The number of amides is 1. The molecule has 2 aromatic rings. The van der Waals surface area contributed by atoms with Gasteiger partial charge in [-0.2, -0.15) is 5.10 Å². The lowest BCUT2D eigenvalue weighted by atomic mass is 9.92. The summed E-state index contributed by atoms with van der Waals surface area (Å²) >= 11 is 0. The van der Waals surface area contributed by atoms with Crippen LogP contribution in [0, 0.1) is 12.8 Å². The molecule has 1 amide bonds. The third-order valence-corrected chi connectivity index (χ3v) is 5.26. The summed E-state index contributed by atoms with van der Waals surface area (Å²) in [5.74, 6) is 0.556. The molecule has 6 heteroatoms. The summed E-state index contributed by atoms with van der Waals surface area (Å²) in [4.78, 5) is 18.9. The molecule has 2 N–H and O–H groups in total. The van der Waals surface area contributed by atoms with Gasteiger partial charge in [0.2, 0.25) is 5.91 Å². The Hall–Kier alpha value is -1.95. The lowest BCUT2D eigenvalue weighted by Crippen LogP contribution is -2.45. The Kier molecular flexibility index (Phi) is 2.97. The Balaban J connectivity index is 1.55. The van der Waals surface area contributed by atoms with Gasteiger partial charge in [-0.25, -0.2) is 9.67 Å². The largest absolute Gasteiger partial charge is 0.339 e. The Labute approximate surface area is 129 Å². The van der Waals surface area contributed by atoms with E-state index in [1.54, 1.807) is 10.9 Å². The van der Waals surface area contributed by atoms with Gasteiger partial charge in [0.05, 0.1) is 5.69 Å². The van der Waals surface area contributed by atoms with Gasteiger partial charge in [0.1, 0.15) is 6.54 Å². The standard InChI is InChI=1S/C16H21N5O/c1-11-13-5-3-7-18-15(13)21(19-11)9-14(22)20-8-12-4-2-6-16(12,17)10-20/h3,5,7,12H,2,4,6,8-10,17H2,1H3. The van der Waals surface area contributed by atoms with E-state index < -0.39 is 0 Å². The number of rotatable bonds is 2. The maximum absolute atomic E-state index is 12.6. The number of nitrogens with zero attached hydrogens (tertiary/aromatic N) is 4. The number of nitrogens with two attached hydrogens (primary N) is 1. The third kappa shape index (κ3) is 2.01.